The van der Waals surface area contributed by atoms with Gasteiger partial charge in [0.2, 0.25) is 5.60 Å². The monoisotopic (exact) mass is 211 g/mol. The average molecular weight is 211 g/mol. The van der Waals surface area contributed by atoms with Crippen molar-refractivity contribution in [3.8, 4) is 0 Å². The average Bonchev–Trinajstić information content (AvgIpc) is 2.46. The Balaban J connectivity index is 2.13. The molecule has 15 heavy (non-hydrogen) atoms. The van der Waals surface area contributed by atoms with Crippen molar-refractivity contribution in [1.29, 1.82) is 0 Å². The molecule has 84 valence electrons. The van der Waals surface area contributed by atoms with Crippen LogP contribution in [0, 0.1) is 5.92 Å². The standard InChI is InChI=1S/C11H17NO3/c1-3-14-10(13)11(9-5-4-6-9)7-8(2)12-15-11/h9H,3-7H2,1-2H3. The van der Waals surface area contributed by atoms with Crippen LogP contribution < -0.4 is 0 Å². The summed E-state index contributed by atoms with van der Waals surface area (Å²) in [6.45, 7) is 4.10. The van der Waals surface area contributed by atoms with Gasteiger partial charge in [0, 0.05) is 12.3 Å². The van der Waals surface area contributed by atoms with Crippen molar-refractivity contribution in [2.75, 3.05) is 6.61 Å². The Kier molecular flexibility index (Phi) is 2.67. The lowest BCUT2D eigenvalue weighted by Crippen LogP contribution is -2.49. The van der Waals surface area contributed by atoms with Gasteiger partial charge in [-0.3, -0.25) is 0 Å². The predicted molar refractivity (Wildman–Crippen MR) is 55.5 cm³/mol. The molecular formula is C11H17NO3. The van der Waals surface area contributed by atoms with Crippen LogP contribution in [0.15, 0.2) is 5.16 Å². The quantitative estimate of drug-likeness (QED) is 0.670. The molecule has 2 rings (SSSR count). The number of rotatable bonds is 3. The van der Waals surface area contributed by atoms with Crippen molar-refractivity contribution in [3.05, 3.63) is 0 Å². The van der Waals surface area contributed by atoms with E-state index in [4.69, 9.17) is 9.57 Å². The lowest BCUT2D eigenvalue weighted by molar-refractivity contribution is -0.181. The summed E-state index contributed by atoms with van der Waals surface area (Å²) in [7, 11) is 0. The maximum atomic E-state index is 11.9. The number of esters is 1. The van der Waals surface area contributed by atoms with Gasteiger partial charge in [-0.2, -0.15) is 0 Å². The molecule has 1 saturated carbocycles. The largest absolute Gasteiger partial charge is 0.463 e. The van der Waals surface area contributed by atoms with E-state index in [0.29, 0.717) is 13.0 Å². The van der Waals surface area contributed by atoms with Crippen LogP contribution in [0.1, 0.15) is 39.5 Å². The molecule has 4 nitrogen and oxygen atoms in total. The highest BCUT2D eigenvalue weighted by Gasteiger charge is 2.54. The third kappa shape index (κ3) is 1.62. The van der Waals surface area contributed by atoms with E-state index in [1.165, 1.54) is 6.42 Å². The molecule has 0 aromatic heterocycles. The Bertz CT molecular complexity index is 296. The van der Waals surface area contributed by atoms with Crippen molar-refractivity contribution in [2.45, 2.75) is 45.1 Å². The molecule has 0 radical (unpaired) electrons. The number of oxime groups is 1. The van der Waals surface area contributed by atoms with Crippen LogP contribution in [-0.4, -0.2) is 23.9 Å². The predicted octanol–water partition coefficient (Wildman–Crippen LogP) is 1.88. The number of nitrogens with zero attached hydrogens (tertiary/aromatic N) is 1. The van der Waals surface area contributed by atoms with E-state index in [9.17, 15) is 4.79 Å². The van der Waals surface area contributed by atoms with E-state index in [-0.39, 0.29) is 11.9 Å². The van der Waals surface area contributed by atoms with Gasteiger partial charge in [-0.1, -0.05) is 11.6 Å². The highest BCUT2D eigenvalue weighted by molar-refractivity contribution is 5.92. The Morgan fingerprint density at radius 3 is 2.80 bits per heavy atom. The zero-order valence-corrected chi connectivity index (χ0v) is 9.28. The molecule has 1 fully saturated rings. The molecule has 0 bridgehead atoms. The molecule has 0 spiro atoms. The summed E-state index contributed by atoms with van der Waals surface area (Å²) in [5.41, 5.74) is 0.0909. The lowest BCUT2D eigenvalue weighted by Gasteiger charge is -2.38. The van der Waals surface area contributed by atoms with Gasteiger partial charge in [-0.05, 0) is 26.7 Å². The fourth-order valence-electron chi connectivity index (χ4n) is 2.23. The van der Waals surface area contributed by atoms with Gasteiger partial charge in [0.1, 0.15) is 0 Å². The van der Waals surface area contributed by atoms with Gasteiger partial charge in [0.05, 0.1) is 12.3 Å². The number of carbonyl (C=O) groups excluding carboxylic acids is 1. The van der Waals surface area contributed by atoms with Crippen LogP contribution in [0.25, 0.3) is 0 Å². The molecule has 1 aliphatic heterocycles. The normalized spacial score (nSPS) is 30.4. The smallest absolute Gasteiger partial charge is 0.354 e. The first-order valence-electron chi connectivity index (χ1n) is 5.58. The second-order valence-electron chi connectivity index (χ2n) is 4.33. The van der Waals surface area contributed by atoms with E-state index < -0.39 is 5.60 Å². The third-order valence-corrected chi connectivity index (χ3v) is 3.27. The summed E-state index contributed by atoms with van der Waals surface area (Å²) < 4.78 is 5.10. The fourth-order valence-corrected chi connectivity index (χ4v) is 2.23. The Morgan fingerprint density at radius 1 is 1.67 bits per heavy atom. The topological polar surface area (TPSA) is 47.9 Å². The molecule has 1 atom stereocenters. The summed E-state index contributed by atoms with van der Waals surface area (Å²) in [6.07, 6.45) is 3.86. The second kappa shape index (κ2) is 3.83. The summed E-state index contributed by atoms with van der Waals surface area (Å²) in [5.74, 6) is 0.0491. The van der Waals surface area contributed by atoms with Crippen LogP contribution in [-0.2, 0) is 14.4 Å². The SMILES string of the molecule is CCOC(=O)C1(C2CCC2)CC(C)=NO1. The van der Waals surface area contributed by atoms with Gasteiger partial charge in [0.15, 0.2) is 0 Å². The van der Waals surface area contributed by atoms with E-state index in [1.807, 2.05) is 13.8 Å². The fraction of sp³-hybridized carbons (Fsp3) is 0.818. The van der Waals surface area contributed by atoms with Gasteiger partial charge in [-0.25, -0.2) is 4.79 Å². The first-order valence-corrected chi connectivity index (χ1v) is 5.58. The molecule has 2 aliphatic rings. The van der Waals surface area contributed by atoms with E-state index in [2.05, 4.69) is 5.16 Å². The molecule has 0 aromatic rings. The first kappa shape index (κ1) is 10.5. The van der Waals surface area contributed by atoms with Crippen LogP contribution in [0.4, 0.5) is 0 Å². The van der Waals surface area contributed by atoms with E-state index in [1.54, 1.807) is 0 Å². The molecule has 4 heteroatoms. The van der Waals surface area contributed by atoms with Crippen molar-refractivity contribution in [3.63, 3.8) is 0 Å². The molecule has 0 N–H and O–H groups in total. The second-order valence-corrected chi connectivity index (χ2v) is 4.33. The summed E-state index contributed by atoms with van der Waals surface area (Å²) in [5, 5.41) is 3.91. The summed E-state index contributed by atoms with van der Waals surface area (Å²) in [6, 6.07) is 0. The minimum absolute atomic E-state index is 0.240. The Labute approximate surface area is 89.6 Å². The van der Waals surface area contributed by atoms with Crippen LogP contribution >= 0.6 is 0 Å². The molecule has 0 amide bonds. The van der Waals surface area contributed by atoms with Crippen molar-refractivity contribution in [2.24, 2.45) is 11.1 Å². The maximum Gasteiger partial charge on any atom is 0.354 e. The minimum atomic E-state index is -0.793. The molecule has 1 heterocycles. The van der Waals surface area contributed by atoms with Gasteiger partial charge >= 0.3 is 5.97 Å². The van der Waals surface area contributed by atoms with Crippen molar-refractivity contribution < 1.29 is 14.4 Å². The minimum Gasteiger partial charge on any atom is -0.463 e. The van der Waals surface area contributed by atoms with E-state index >= 15 is 0 Å². The Hall–Kier alpha value is -1.06. The zero-order valence-electron chi connectivity index (χ0n) is 9.28. The van der Waals surface area contributed by atoms with Gasteiger partial charge < -0.3 is 9.57 Å². The highest BCUT2D eigenvalue weighted by Crippen LogP contribution is 2.44. The van der Waals surface area contributed by atoms with E-state index in [0.717, 1.165) is 18.6 Å². The van der Waals surface area contributed by atoms with Gasteiger partial charge in [-0.15, -0.1) is 0 Å². The molecular weight excluding hydrogens is 194 g/mol. The van der Waals surface area contributed by atoms with Gasteiger partial charge in [0.25, 0.3) is 0 Å². The van der Waals surface area contributed by atoms with Crippen LogP contribution in [0.3, 0.4) is 0 Å². The van der Waals surface area contributed by atoms with Crippen LogP contribution in [0.5, 0.6) is 0 Å². The first-order chi connectivity index (χ1) is 7.19. The highest BCUT2D eigenvalue weighted by atomic mass is 16.7. The molecule has 0 saturated heterocycles. The zero-order chi connectivity index (χ0) is 10.9. The lowest BCUT2D eigenvalue weighted by atomic mass is 9.71. The number of carbonyl (C=O) groups is 1. The third-order valence-electron chi connectivity index (χ3n) is 3.27. The summed E-state index contributed by atoms with van der Waals surface area (Å²) >= 11 is 0. The van der Waals surface area contributed by atoms with Crippen molar-refractivity contribution in [1.82, 2.24) is 0 Å². The Morgan fingerprint density at radius 2 is 2.40 bits per heavy atom. The maximum absolute atomic E-state index is 11.9. The molecule has 1 unspecified atom stereocenters. The molecule has 0 aromatic carbocycles. The van der Waals surface area contributed by atoms with Crippen molar-refractivity contribution >= 4 is 11.7 Å². The number of hydrogen-bond donors (Lipinski definition) is 0. The van der Waals surface area contributed by atoms with Crippen LogP contribution in [0.2, 0.25) is 0 Å². The number of ether oxygens (including phenoxy) is 1. The molecule has 1 aliphatic carbocycles. The summed E-state index contributed by atoms with van der Waals surface area (Å²) in [4.78, 5) is 17.3. The number of hydrogen-bond acceptors (Lipinski definition) is 4.